The standard InChI is InChI=1S/C16H9FN2O2/c17-12-3-1-2-11-13(15(16(20)21)19-14(11)12)10-6-4-9(8-18)5-7-10/h1-7,19H,(H,20,21). The molecule has 21 heavy (non-hydrogen) atoms. The largest absolute Gasteiger partial charge is 0.477 e. The molecule has 0 aliphatic heterocycles. The van der Waals surface area contributed by atoms with Gasteiger partial charge >= 0.3 is 5.97 Å². The van der Waals surface area contributed by atoms with Crippen molar-refractivity contribution in [3.8, 4) is 17.2 Å². The van der Waals surface area contributed by atoms with Crippen LogP contribution in [0.3, 0.4) is 0 Å². The lowest BCUT2D eigenvalue weighted by Crippen LogP contribution is -1.98. The highest BCUT2D eigenvalue weighted by Crippen LogP contribution is 2.33. The lowest BCUT2D eigenvalue weighted by atomic mass is 10.0. The SMILES string of the molecule is N#Cc1ccc(-c2c(C(=O)O)[nH]c3c(F)cccc23)cc1. The maximum absolute atomic E-state index is 13.8. The van der Waals surface area contributed by atoms with Crippen LogP contribution in [0, 0.1) is 17.1 Å². The van der Waals surface area contributed by atoms with E-state index in [4.69, 9.17) is 5.26 Å². The molecule has 3 rings (SSSR count). The average molecular weight is 280 g/mol. The molecule has 1 heterocycles. The van der Waals surface area contributed by atoms with E-state index in [-0.39, 0.29) is 11.2 Å². The fourth-order valence-electron chi connectivity index (χ4n) is 2.35. The quantitative estimate of drug-likeness (QED) is 0.753. The smallest absolute Gasteiger partial charge is 0.352 e. The van der Waals surface area contributed by atoms with Crippen molar-refractivity contribution in [2.24, 2.45) is 0 Å². The number of rotatable bonds is 2. The molecule has 0 aliphatic rings. The van der Waals surface area contributed by atoms with E-state index in [1.54, 1.807) is 30.3 Å². The Bertz CT molecular complexity index is 889. The van der Waals surface area contributed by atoms with Gasteiger partial charge in [0.2, 0.25) is 0 Å². The molecule has 0 saturated heterocycles. The summed E-state index contributed by atoms with van der Waals surface area (Å²) in [6.07, 6.45) is 0. The van der Waals surface area contributed by atoms with Gasteiger partial charge in [0.25, 0.3) is 0 Å². The van der Waals surface area contributed by atoms with Crippen molar-refractivity contribution in [1.82, 2.24) is 4.98 Å². The number of nitrogens with zero attached hydrogens (tertiary/aromatic N) is 1. The second kappa shape index (κ2) is 4.76. The molecule has 0 fully saturated rings. The zero-order chi connectivity index (χ0) is 15.0. The Kier molecular flexibility index (Phi) is 2.92. The first-order valence-electron chi connectivity index (χ1n) is 6.16. The van der Waals surface area contributed by atoms with Crippen molar-refractivity contribution in [2.75, 3.05) is 0 Å². The molecule has 0 saturated carbocycles. The second-order valence-electron chi connectivity index (χ2n) is 4.53. The summed E-state index contributed by atoms with van der Waals surface area (Å²) in [7, 11) is 0. The molecule has 3 aromatic rings. The summed E-state index contributed by atoms with van der Waals surface area (Å²) in [6, 6.07) is 13.0. The van der Waals surface area contributed by atoms with E-state index in [1.165, 1.54) is 12.1 Å². The number of hydrogen-bond acceptors (Lipinski definition) is 2. The van der Waals surface area contributed by atoms with Gasteiger partial charge in [-0.25, -0.2) is 9.18 Å². The maximum atomic E-state index is 13.8. The summed E-state index contributed by atoms with van der Waals surface area (Å²) in [6.45, 7) is 0. The van der Waals surface area contributed by atoms with Crippen molar-refractivity contribution >= 4 is 16.9 Å². The van der Waals surface area contributed by atoms with E-state index in [9.17, 15) is 14.3 Å². The number of nitriles is 1. The first-order chi connectivity index (χ1) is 10.1. The number of carbonyl (C=O) groups is 1. The molecule has 2 N–H and O–H groups in total. The molecular weight excluding hydrogens is 271 g/mol. The molecule has 0 bridgehead atoms. The van der Waals surface area contributed by atoms with Crippen LogP contribution in [-0.4, -0.2) is 16.1 Å². The predicted molar refractivity (Wildman–Crippen MR) is 75.4 cm³/mol. The number of para-hydroxylation sites is 1. The number of nitrogens with one attached hydrogen (secondary N) is 1. The minimum Gasteiger partial charge on any atom is -0.477 e. The Hall–Kier alpha value is -3.13. The predicted octanol–water partition coefficient (Wildman–Crippen LogP) is 3.54. The number of aromatic carboxylic acids is 1. The number of benzene rings is 2. The Morgan fingerprint density at radius 3 is 2.52 bits per heavy atom. The molecule has 2 aromatic carbocycles. The van der Waals surface area contributed by atoms with E-state index >= 15 is 0 Å². The van der Waals surface area contributed by atoms with Crippen LogP contribution in [-0.2, 0) is 0 Å². The topological polar surface area (TPSA) is 76.9 Å². The van der Waals surface area contributed by atoms with Crippen LogP contribution >= 0.6 is 0 Å². The molecule has 0 radical (unpaired) electrons. The number of halogens is 1. The Labute approximate surface area is 119 Å². The van der Waals surface area contributed by atoms with Gasteiger partial charge in [-0.15, -0.1) is 0 Å². The first kappa shape index (κ1) is 12.9. The summed E-state index contributed by atoms with van der Waals surface area (Å²) in [4.78, 5) is 14.0. The number of fused-ring (bicyclic) bond motifs is 1. The number of aromatic amines is 1. The Morgan fingerprint density at radius 1 is 1.19 bits per heavy atom. The molecule has 0 aliphatic carbocycles. The lowest BCUT2D eigenvalue weighted by Gasteiger charge is -2.02. The summed E-state index contributed by atoms with van der Waals surface area (Å²) < 4.78 is 13.8. The van der Waals surface area contributed by atoms with Gasteiger partial charge in [0.05, 0.1) is 17.1 Å². The summed E-state index contributed by atoms with van der Waals surface area (Å²) >= 11 is 0. The molecule has 0 amide bonds. The zero-order valence-corrected chi connectivity index (χ0v) is 10.7. The molecule has 5 heteroatoms. The highest BCUT2D eigenvalue weighted by Gasteiger charge is 2.20. The van der Waals surface area contributed by atoms with Crippen LogP contribution in [0.5, 0.6) is 0 Å². The van der Waals surface area contributed by atoms with Gasteiger partial charge in [-0.3, -0.25) is 0 Å². The maximum Gasteiger partial charge on any atom is 0.352 e. The molecule has 0 spiro atoms. The Morgan fingerprint density at radius 2 is 1.90 bits per heavy atom. The third kappa shape index (κ3) is 2.03. The van der Waals surface area contributed by atoms with E-state index in [1.807, 2.05) is 6.07 Å². The van der Waals surface area contributed by atoms with Gasteiger partial charge in [-0.2, -0.15) is 5.26 Å². The van der Waals surface area contributed by atoms with Crippen molar-refractivity contribution < 1.29 is 14.3 Å². The van der Waals surface area contributed by atoms with Gasteiger partial charge < -0.3 is 10.1 Å². The fraction of sp³-hybridized carbons (Fsp3) is 0. The summed E-state index contributed by atoms with van der Waals surface area (Å²) in [5.74, 6) is -1.67. The molecule has 4 nitrogen and oxygen atoms in total. The van der Waals surface area contributed by atoms with E-state index in [0.717, 1.165) is 0 Å². The monoisotopic (exact) mass is 280 g/mol. The van der Waals surface area contributed by atoms with Crippen LogP contribution in [0.2, 0.25) is 0 Å². The third-order valence-corrected chi connectivity index (χ3v) is 3.30. The minimum absolute atomic E-state index is 0.0696. The van der Waals surface area contributed by atoms with Crippen molar-refractivity contribution in [2.45, 2.75) is 0 Å². The van der Waals surface area contributed by atoms with Crippen LogP contribution in [0.25, 0.3) is 22.0 Å². The summed E-state index contributed by atoms with van der Waals surface area (Å²) in [5, 5.41) is 18.6. The van der Waals surface area contributed by atoms with Gasteiger partial charge in [0.15, 0.2) is 0 Å². The van der Waals surface area contributed by atoms with Crippen LogP contribution < -0.4 is 0 Å². The number of H-pyrrole nitrogens is 1. The zero-order valence-electron chi connectivity index (χ0n) is 10.7. The normalized spacial score (nSPS) is 10.5. The highest BCUT2D eigenvalue weighted by atomic mass is 19.1. The first-order valence-corrected chi connectivity index (χ1v) is 6.16. The molecule has 1 aromatic heterocycles. The van der Waals surface area contributed by atoms with Crippen molar-refractivity contribution in [3.63, 3.8) is 0 Å². The van der Waals surface area contributed by atoms with Gasteiger partial charge in [0, 0.05) is 10.9 Å². The van der Waals surface area contributed by atoms with E-state index < -0.39 is 11.8 Å². The fourth-order valence-corrected chi connectivity index (χ4v) is 2.35. The van der Waals surface area contributed by atoms with Crippen LogP contribution in [0.1, 0.15) is 16.1 Å². The lowest BCUT2D eigenvalue weighted by molar-refractivity contribution is 0.0692. The second-order valence-corrected chi connectivity index (χ2v) is 4.53. The third-order valence-electron chi connectivity index (χ3n) is 3.30. The highest BCUT2D eigenvalue weighted by molar-refractivity contribution is 6.07. The Balaban J connectivity index is 2.34. The minimum atomic E-state index is -1.16. The summed E-state index contributed by atoms with van der Waals surface area (Å²) in [5.41, 5.74) is 1.60. The van der Waals surface area contributed by atoms with Gasteiger partial charge in [-0.1, -0.05) is 24.3 Å². The van der Waals surface area contributed by atoms with Gasteiger partial charge in [-0.05, 0) is 23.8 Å². The molecule has 0 atom stereocenters. The van der Waals surface area contributed by atoms with E-state index in [0.29, 0.717) is 22.1 Å². The molecular formula is C16H9FN2O2. The average Bonchev–Trinajstić information content (AvgIpc) is 2.88. The van der Waals surface area contributed by atoms with E-state index in [2.05, 4.69) is 4.98 Å². The van der Waals surface area contributed by atoms with Crippen LogP contribution in [0.15, 0.2) is 42.5 Å². The number of hydrogen-bond donors (Lipinski definition) is 2. The number of carboxylic acids is 1. The van der Waals surface area contributed by atoms with Crippen molar-refractivity contribution in [1.29, 1.82) is 5.26 Å². The molecule has 102 valence electrons. The van der Waals surface area contributed by atoms with Crippen molar-refractivity contribution in [3.05, 3.63) is 59.5 Å². The molecule has 0 unspecified atom stereocenters. The number of carboxylic acid groups (broad SMARTS) is 1. The number of aromatic nitrogens is 1. The van der Waals surface area contributed by atoms with Gasteiger partial charge in [0.1, 0.15) is 11.5 Å². The van der Waals surface area contributed by atoms with Crippen LogP contribution in [0.4, 0.5) is 4.39 Å².